The molecule has 0 heterocycles. The fourth-order valence-corrected chi connectivity index (χ4v) is 1.91. The average Bonchev–Trinajstić information content (AvgIpc) is 2.39. The van der Waals surface area contributed by atoms with Crippen LogP contribution in [-0.4, -0.2) is 47.6 Å². The van der Waals surface area contributed by atoms with E-state index >= 15 is 0 Å². The van der Waals surface area contributed by atoms with E-state index in [1.54, 1.807) is 24.3 Å². The number of hydrogen-bond donors (Lipinski definition) is 1. The molecule has 0 fully saturated rings. The van der Waals surface area contributed by atoms with Crippen molar-refractivity contribution in [2.75, 3.05) is 19.7 Å². The van der Waals surface area contributed by atoms with Crippen molar-refractivity contribution in [3.05, 3.63) is 29.3 Å². The standard InChI is InChI=1S/C14H18ClF2NO3/c1-14(2,21-11-5-3-10(15)4-6-11)13(20)18(7-8-19)9-12(16)17/h3-6,12,19H,7-9H2,1-2H3. The van der Waals surface area contributed by atoms with E-state index in [0.717, 1.165) is 4.90 Å². The highest BCUT2D eigenvalue weighted by Crippen LogP contribution is 2.22. The summed E-state index contributed by atoms with van der Waals surface area (Å²) in [6.07, 6.45) is -2.67. The first-order valence-corrected chi connectivity index (χ1v) is 6.77. The van der Waals surface area contributed by atoms with Crippen LogP contribution in [0.4, 0.5) is 8.78 Å². The SMILES string of the molecule is CC(C)(Oc1ccc(Cl)cc1)C(=O)N(CCO)CC(F)F. The second-order valence-electron chi connectivity index (χ2n) is 4.93. The third kappa shape index (κ3) is 5.47. The maximum Gasteiger partial charge on any atom is 0.266 e. The quantitative estimate of drug-likeness (QED) is 0.840. The van der Waals surface area contributed by atoms with Crippen LogP contribution in [0.25, 0.3) is 0 Å². The zero-order chi connectivity index (χ0) is 16.0. The summed E-state index contributed by atoms with van der Waals surface area (Å²) in [5.41, 5.74) is -1.34. The van der Waals surface area contributed by atoms with Gasteiger partial charge in [-0.15, -0.1) is 0 Å². The van der Waals surface area contributed by atoms with E-state index in [9.17, 15) is 13.6 Å². The number of carbonyl (C=O) groups is 1. The summed E-state index contributed by atoms with van der Waals surface area (Å²) in [5, 5.41) is 9.41. The number of alkyl halides is 2. The van der Waals surface area contributed by atoms with E-state index in [2.05, 4.69) is 0 Å². The fraction of sp³-hybridized carbons (Fsp3) is 0.500. The molecule has 0 aliphatic carbocycles. The van der Waals surface area contributed by atoms with Gasteiger partial charge in [0.1, 0.15) is 5.75 Å². The lowest BCUT2D eigenvalue weighted by atomic mass is 10.1. The van der Waals surface area contributed by atoms with Gasteiger partial charge in [0.15, 0.2) is 5.60 Å². The third-order valence-electron chi connectivity index (χ3n) is 2.72. The van der Waals surface area contributed by atoms with E-state index in [0.29, 0.717) is 10.8 Å². The van der Waals surface area contributed by atoms with E-state index in [-0.39, 0.29) is 6.54 Å². The van der Waals surface area contributed by atoms with Crippen LogP contribution in [0.3, 0.4) is 0 Å². The van der Waals surface area contributed by atoms with Gasteiger partial charge in [-0.1, -0.05) is 11.6 Å². The molecule has 0 atom stereocenters. The average molecular weight is 322 g/mol. The van der Waals surface area contributed by atoms with Crippen LogP contribution in [-0.2, 0) is 4.79 Å². The molecule has 1 amide bonds. The lowest BCUT2D eigenvalue weighted by molar-refractivity contribution is -0.148. The summed E-state index contributed by atoms with van der Waals surface area (Å²) < 4.78 is 30.5. The lowest BCUT2D eigenvalue weighted by Gasteiger charge is -2.32. The van der Waals surface area contributed by atoms with Gasteiger partial charge in [0.25, 0.3) is 12.3 Å². The maximum atomic E-state index is 12.5. The molecule has 1 aromatic carbocycles. The first-order valence-electron chi connectivity index (χ1n) is 6.39. The van der Waals surface area contributed by atoms with Crippen molar-refractivity contribution in [3.63, 3.8) is 0 Å². The zero-order valence-corrected chi connectivity index (χ0v) is 12.6. The van der Waals surface area contributed by atoms with Crippen LogP contribution in [0.15, 0.2) is 24.3 Å². The van der Waals surface area contributed by atoms with E-state index in [1.807, 2.05) is 0 Å². The predicted molar refractivity (Wildman–Crippen MR) is 75.8 cm³/mol. The van der Waals surface area contributed by atoms with Crippen LogP contribution < -0.4 is 4.74 Å². The number of ether oxygens (including phenoxy) is 1. The van der Waals surface area contributed by atoms with Gasteiger partial charge in [-0.2, -0.15) is 0 Å². The van der Waals surface area contributed by atoms with Crippen molar-refractivity contribution >= 4 is 17.5 Å². The Labute approximate surface area is 127 Å². The Morgan fingerprint density at radius 3 is 2.43 bits per heavy atom. The van der Waals surface area contributed by atoms with Crippen LogP contribution >= 0.6 is 11.6 Å². The molecule has 0 saturated heterocycles. The highest BCUT2D eigenvalue weighted by Gasteiger charge is 2.35. The molecule has 1 aromatic rings. The van der Waals surface area contributed by atoms with Crippen molar-refractivity contribution in [1.29, 1.82) is 0 Å². The number of carbonyl (C=O) groups excluding carboxylic acids is 1. The van der Waals surface area contributed by atoms with Gasteiger partial charge in [0.2, 0.25) is 0 Å². The lowest BCUT2D eigenvalue weighted by Crippen LogP contribution is -2.51. The van der Waals surface area contributed by atoms with Gasteiger partial charge in [-0.05, 0) is 38.1 Å². The summed E-state index contributed by atoms with van der Waals surface area (Å²) in [5.74, 6) is -0.217. The van der Waals surface area contributed by atoms with Gasteiger partial charge >= 0.3 is 0 Å². The first kappa shape index (κ1) is 17.7. The highest BCUT2D eigenvalue weighted by atomic mass is 35.5. The third-order valence-corrected chi connectivity index (χ3v) is 2.97. The van der Waals surface area contributed by atoms with Gasteiger partial charge < -0.3 is 14.7 Å². The van der Waals surface area contributed by atoms with Crippen LogP contribution in [0.1, 0.15) is 13.8 Å². The summed E-state index contributed by atoms with van der Waals surface area (Å²) in [4.78, 5) is 13.2. The number of hydrogen-bond acceptors (Lipinski definition) is 3. The predicted octanol–water partition coefficient (Wildman–Crippen LogP) is 2.58. The molecule has 0 radical (unpaired) electrons. The molecule has 1 rings (SSSR count). The molecule has 1 N–H and O–H groups in total. The van der Waals surface area contributed by atoms with Crippen molar-refractivity contribution in [2.24, 2.45) is 0 Å². The topological polar surface area (TPSA) is 49.8 Å². The number of halogens is 3. The molecule has 4 nitrogen and oxygen atoms in total. The minimum atomic E-state index is -2.67. The number of aliphatic hydroxyl groups excluding tert-OH is 1. The molecule has 0 bridgehead atoms. The Morgan fingerprint density at radius 1 is 1.38 bits per heavy atom. The second-order valence-corrected chi connectivity index (χ2v) is 5.37. The molecule has 0 aliphatic rings. The van der Waals surface area contributed by atoms with Crippen molar-refractivity contribution in [2.45, 2.75) is 25.9 Å². The van der Waals surface area contributed by atoms with Crippen molar-refractivity contribution in [3.8, 4) is 5.75 Å². The second kappa shape index (κ2) is 7.56. The van der Waals surface area contributed by atoms with Crippen LogP contribution in [0, 0.1) is 0 Å². The van der Waals surface area contributed by atoms with Gasteiger partial charge in [0.05, 0.1) is 13.2 Å². The molecular formula is C14H18ClF2NO3. The van der Waals surface area contributed by atoms with Crippen molar-refractivity contribution < 1.29 is 23.4 Å². The van der Waals surface area contributed by atoms with Gasteiger partial charge in [0, 0.05) is 11.6 Å². The highest BCUT2D eigenvalue weighted by molar-refractivity contribution is 6.30. The normalized spacial score (nSPS) is 11.6. The smallest absolute Gasteiger partial charge is 0.266 e. The largest absolute Gasteiger partial charge is 0.478 e. The molecule has 0 aliphatic heterocycles. The molecule has 0 unspecified atom stereocenters. The Balaban J connectivity index is 2.82. The Hall–Kier alpha value is -1.40. The van der Waals surface area contributed by atoms with Gasteiger partial charge in [-0.25, -0.2) is 8.78 Å². The molecule has 118 valence electrons. The number of nitrogens with zero attached hydrogens (tertiary/aromatic N) is 1. The Kier molecular flexibility index (Phi) is 6.36. The Morgan fingerprint density at radius 2 is 1.95 bits per heavy atom. The minimum absolute atomic E-state index is 0.170. The van der Waals surface area contributed by atoms with E-state index in [1.165, 1.54) is 13.8 Å². The van der Waals surface area contributed by atoms with Crippen molar-refractivity contribution in [1.82, 2.24) is 4.90 Å². The van der Waals surface area contributed by atoms with Crippen LogP contribution in [0.5, 0.6) is 5.75 Å². The van der Waals surface area contributed by atoms with Gasteiger partial charge in [-0.3, -0.25) is 4.79 Å². The first-order chi connectivity index (χ1) is 9.76. The number of benzene rings is 1. The van der Waals surface area contributed by atoms with E-state index < -0.39 is 31.1 Å². The number of rotatable bonds is 7. The molecule has 21 heavy (non-hydrogen) atoms. The summed E-state index contributed by atoms with van der Waals surface area (Å²) in [7, 11) is 0. The fourth-order valence-electron chi connectivity index (χ4n) is 1.78. The zero-order valence-electron chi connectivity index (χ0n) is 11.9. The summed E-state index contributed by atoms with van der Waals surface area (Å²) >= 11 is 5.75. The van der Waals surface area contributed by atoms with Crippen LogP contribution in [0.2, 0.25) is 5.02 Å². The summed E-state index contributed by atoms with van der Waals surface area (Å²) in [6.45, 7) is 1.67. The molecule has 0 saturated carbocycles. The molecule has 0 spiro atoms. The molecule has 0 aromatic heterocycles. The molecule has 7 heteroatoms. The van der Waals surface area contributed by atoms with E-state index in [4.69, 9.17) is 21.4 Å². The minimum Gasteiger partial charge on any atom is -0.478 e. The maximum absolute atomic E-state index is 12.5. The Bertz CT molecular complexity index is 466. The summed E-state index contributed by atoms with van der Waals surface area (Å²) in [6, 6.07) is 6.37. The molecular weight excluding hydrogens is 304 g/mol. The monoisotopic (exact) mass is 321 g/mol. The number of amides is 1. The number of aliphatic hydroxyl groups is 1.